The molecule has 0 saturated carbocycles. The van der Waals surface area contributed by atoms with Crippen molar-refractivity contribution < 1.29 is 17.9 Å². The van der Waals surface area contributed by atoms with Gasteiger partial charge >= 0.3 is 0 Å². The molecule has 1 saturated heterocycles. The highest BCUT2D eigenvalue weighted by molar-refractivity contribution is 7.89. The number of rotatable bonds is 5. The molecule has 2 aliphatic rings. The van der Waals surface area contributed by atoms with E-state index in [-0.39, 0.29) is 28.2 Å². The topological polar surface area (TPSA) is 97.7 Å². The van der Waals surface area contributed by atoms with Gasteiger partial charge in [0.15, 0.2) is 0 Å². The second kappa shape index (κ2) is 8.73. The summed E-state index contributed by atoms with van der Waals surface area (Å²) in [7, 11) is -2.15. The van der Waals surface area contributed by atoms with Crippen LogP contribution in [0.3, 0.4) is 0 Å². The summed E-state index contributed by atoms with van der Waals surface area (Å²) < 4.78 is 35.1. The third kappa shape index (κ3) is 4.12. The number of benzene rings is 2. The fraction of sp³-hybridized carbons (Fsp3) is 0.280. The van der Waals surface area contributed by atoms with E-state index in [1.165, 1.54) is 16.4 Å². The Kier molecular flexibility index (Phi) is 5.75. The van der Waals surface area contributed by atoms with Gasteiger partial charge in [0.25, 0.3) is 11.5 Å². The number of ether oxygens (including phenoxy) is 1. The minimum Gasteiger partial charge on any atom is -0.497 e. The third-order valence-electron chi connectivity index (χ3n) is 6.55. The van der Waals surface area contributed by atoms with Crippen molar-refractivity contribution in [2.24, 2.45) is 5.92 Å². The minimum absolute atomic E-state index is 0.000710. The van der Waals surface area contributed by atoms with Gasteiger partial charge in [0, 0.05) is 48.6 Å². The van der Waals surface area contributed by atoms with Crippen LogP contribution in [0.4, 0.5) is 5.69 Å². The molecule has 2 aromatic carbocycles. The zero-order valence-electron chi connectivity index (χ0n) is 18.7. The molecule has 3 aromatic rings. The number of hydrogen-bond acceptors (Lipinski definition) is 5. The molecule has 2 aliphatic heterocycles. The molecule has 5 rings (SSSR count). The summed E-state index contributed by atoms with van der Waals surface area (Å²) >= 11 is 0. The Labute approximate surface area is 197 Å². The zero-order chi connectivity index (χ0) is 23.9. The van der Waals surface area contributed by atoms with E-state index in [0.717, 1.165) is 12.1 Å². The quantitative estimate of drug-likeness (QED) is 0.607. The second-order valence-corrected chi connectivity index (χ2v) is 10.7. The molecule has 2 bridgehead atoms. The number of piperidine rings is 1. The fourth-order valence-corrected chi connectivity index (χ4v) is 6.42. The highest BCUT2D eigenvalue weighted by Gasteiger charge is 2.39. The van der Waals surface area contributed by atoms with E-state index in [1.54, 1.807) is 60.2 Å². The Morgan fingerprint density at radius 3 is 2.41 bits per heavy atom. The SMILES string of the molecule is COc1ccc(C(=O)Nc2ccc(S(=O)(=O)N3C[C@H]4C[C@@H](C3)c3cccc(=O)n3C4)cc2)cc1. The van der Waals surface area contributed by atoms with E-state index in [1.807, 2.05) is 6.07 Å². The van der Waals surface area contributed by atoms with Gasteiger partial charge in [0.2, 0.25) is 10.0 Å². The first-order valence-electron chi connectivity index (χ1n) is 11.1. The fourth-order valence-electron chi connectivity index (χ4n) is 4.85. The van der Waals surface area contributed by atoms with Crippen LogP contribution in [-0.2, 0) is 16.6 Å². The van der Waals surface area contributed by atoms with Crippen molar-refractivity contribution in [3.63, 3.8) is 0 Å². The summed E-state index contributed by atoms with van der Waals surface area (Å²) in [5.74, 6) is 0.461. The van der Waals surface area contributed by atoms with E-state index < -0.39 is 10.0 Å². The van der Waals surface area contributed by atoms with Crippen LogP contribution < -0.4 is 15.6 Å². The van der Waals surface area contributed by atoms with Gasteiger partial charge in [-0.3, -0.25) is 9.59 Å². The van der Waals surface area contributed by atoms with Gasteiger partial charge in [-0.25, -0.2) is 8.42 Å². The lowest BCUT2D eigenvalue weighted by Crippen LogP contribution is -2.48. The summed E-state index contributed by atoms with van der Waals surface area (Å²) in [4.78, 5) is 24.9. The van der Waals surface area contributed by atoms with E-state index in [9.17, 15) is 18.0 Å². The van der Waals surface area contributed by atoms with Gasteiger partial charge in [-0.1, -0.05) is 6.07 Å². The van der Waals surface area contributed by atoms with Crippen molar-refractivity contribution in [2.45, 2.75) is 23.8 Å². The summed E-state index contributed by atoms with van der Waals surface area (Å²) in [5.41, 5.74) is 1.84. The van der Waals surface area contributed by atoms with E-state index in [2.05, 4.69) is 5.32 Å². The number of aromatic nitrogens is 1. The van der Waals surface area contributed by atoms with Gasteiger partial charge in [0.1, 0.15) is 5.75 Å². The van der Waals surface area contributed by atoms with E-state index in [4.69, 9.17) is 4.74 Å². The highest BCUT2D eigenvalue weighted by Crippen LogP contribution is 2.37. The van der Waals surface area contributed by atoms with E-state index in [0.29, 0.717) is 36.6 Å². The van der Waals surface area contributed by atoms with Crippen LogP contribution in [0.15, 0.2) is 76.4 Å². The van der Waals surface area contributed by atoms with Crippen molar-refractivity contribution in [3.05, 3.63) is 88.3 Å². The molecule has 1 amide bonds. The van der Waals surface area contributed by atoms with Crippen molar-refractivity contribution in [3.8, 4) is 5.75 Å². The summed E-state index contributed by atoms with van der Waals surface area (Å²) in [5, 5.41) is 2.78. The zero-order valence-corrected chi connectivity index (χ0v) is 19.5. The molecule has 1 fully saturated rings. The monoisotopic (exact) mass is 479 g/mol. The molecule has 1 aromatic heterocycles. The van der Waals surface area contributed by atoms with Crippen molar-refractivity contribution in [1.29, 1.82) is 0 Å². The first kappa shape index (κ1) is 22.4. The number of methoxy groups -OCH3 is 1. The minimum atomic E-state index is -3.70. The van der Waals surface area contributed by atoms with Crippen LogP contribution in [0, 0.1) is 5.92 Å². The average molecular weight is 480 g/mol. The molecular weight excluding hydrogens is 454 g/mol. The van der Waals surface area contributed by atoms with E-state index >= 15 is 0 Å². The molecule has 3 heterocycles. The van der Waals surface area contributed by atoms with Crippen LogP contribution >= 0.6 is 0 Å². The van der Waals surface area contributed by atoms with Crippen LogP contribution in [0.25, 0.3) is 0 Å². The molecule has 1 N–H and O–H groups in total. The summed E-state index contributed by atoms with van der Waals surface area (Å²) in [6.07, 6.45) is 0.881. The maximum atomic E-state index is 13.4. The first-order chi connectivity index (χ1) is 16.3. The number of carbonyl (C=O) groups excluding carboxylic acids is 1. The maximum absolute atomic E-state index is 13.4. The molecular formula is C25H25N3O5S. The predicted octanol–water partition coefficient (Wildman–Crippen LogP) is 2.92. The molecule has 2 atom stereocenters. The number of hydrogen-bond donors (Lipinski definition) is 1. The smallest absolute Gasteiger partial charge is 0.255 e. The summed E-state index contributed by atoms with van der Waals surface area (Å²) in [6, 6.07) is 18.1. The van der Waals surface area contributed by atoms with Crippen LogP contribution in [0.2, 0.25) is 0 Å². The first-order valence-corrected chi connectivity index (χ1v) is 12.5. The second-order valence-electron chi connectivity index (χ2n) is 8.73. The number of fused-ring (bicyclic) bond motifs is 4. The highest BCUT2D eigenvalue weighted by atomic mass is 32.2. The Morgan fingerprint density at radius 1 is 0.971 bits per heavy atom. The molecule has 0 unspecified atom stereocenters. The largest absolute Gasteiger partial charge is 0.497 e. The predicted molar refractivity (Wildman–Crippen MR) is 128 cm³/mol. The van der Waals surface area contributed by atoms with Crippen LogP contribution in [-0.4, -0.2) is 43.4 Å². The average Bonchev–Trinajstić information content (AvgIpc) is 2.85. The lowest BCUT2D eigenvalue weighted by molar-refractivity contribution is 0.102. The molecule has 176 valence electrons. The van der Waals surface area contributed by atoms with Crippen LogP contribution in [0.1, 0.15) is 28.4 Å². The molecule has 0 radical (unpaired) electrons. The lowest BCUT2D eigenvalue weighted by Gasteiger charge is -2.42. The van der Waals surface area contributed by atoms with Crippen LogP contribution in [0.5, 0.6) is 5.75 Å². The standard InChI is InChI=1S/C25H25N3O5S/c1-33-21-9-5-18(6-10-21)25(30)26-20-7-11-22(12-8-20)34(31,32)27-14-17-13-19(16-27)23-3-2-4-24(29)28(23)15-17/h2-12,17,19H,13-16H2,1H3,(H,26,30)/t17-,19+/m1/s1. The Balaban J connectivity index is 1.31. The van der Waals surface area contributed by atoms with Gasteiger partial charge < -0.3 is 14.6 Å². The number of amides is 1. The van der Waals surface area contributed by atoms with Crippen molar-refractivity contribution >= 4 is 21.6 Å². The number of nitrogens with one attached hydrogen (secondary N) is 1. The van der Waals surface area contributed by atoms with Gasteiger partial charge in [-0.05, 0) is 66.9 Å². The van der Waals surface area contributed by atoms with Crippen molar-refractivity contribution in [2.75, 3.05) is 25.5 Å². The Bertz CT molecular complexity index is 1380. The molecule has 0 aliphatic carbocycles. The van der Waals surface area contributed by atoms with Gasteiger partial charge in [-0.2, -0.15) is 4.31 Å². The lowest BCUT2D eigenvalue weighted by atomic mass is 9.84. The molecule has 0 spiro atoms. The summed E-state index contributed by atoms with van der Waals surface area (Å²) in [6.45, 7) is 1.27. The normalized spacial score (nSPS) is 19.8. The maximum Gasteiger partial charge on any atom is 0.255 e. The number of nitrogens with zero attached hydrogens (tertiary/aromatic N) is 2. The van der Waals surface area contributed by atoms with Gasteiger partial charge in [0.05, 0.1) is 12.0 Å². The number of sulfonamides is 1. The van der Waals surface area contributed by atoms with Gasteiger partial charge in [-0.15, -0.1) is 0 Å². The Morgan fingerprint density at radius 2 is 1.71 bits per heavy atom. The van der Waals surface area contributed by atoms with Crippen molar-refractivity contribution in [1.82, 2.24) is 8.87 Å². The number of anilines is 1. The number of pyridine rings is 1. The molecule has 34 heavy (non-hydrogen) atoms. The number of carbonyl (C=O) groups is 1. The molecule has 8 nitrogen and oxygen atoms in total. The third-order valence-corrected chi connectivity index (χ3v) is 8.39. The Hall–Kier alpha value is -3.43. The molecule has 9 heteroatoms.